The lowest BCUT2D eigenvalue weighted by Crippen LogP contribution is -2.57. The quantitative estimate of drug-likeness (QED) is 0.845. The first kappa shape index (κ1) is 16.5. The number of sulfonamides is 1. The molecule has 1 aliphatic heterocycles. The Labute approximate surface area is 121 Å². The number of carbonyl (C=O) groups is 1. The lowest BCUT2D eigenvalue weighted by molar-refractivity contribution is -0.196. The zero-order chi connectivity index (χ0) is 15.8. The molecule has 2 rings (SSSR count). The highest BCUT2D eigenvalue weighted by molar-refractivity contribution is 7.89. The SMILES string of the molecule is CC(=O)N1C[C@@H](NS(=O)(=O)CC2CC2)CC[C@H]1C(F)(F)F. The van der Waals surface area contributed by atoms with Crippen molar-refractivity contribution in [2.24, 2.45) is 5.92 Å². The van der Waals surface area contributed by atoms with Crippen molar-refractivity contribution in [3.05, 3.63) is 0 Å². The van der Waals surface area contributed by atoms with Crippen molar-refractivity contribution >= 4 is 15.9 Å². The predicted molar refractivity (Wildman–Crippen MR) is 69.9 cm³/mol. The minimum absolute atomic E-state index is 0.0201. The predicted octanol–water partition coefficient (Wildman–Crippen LogP) is 1.26. The highest BCUT2D eigenvalue weighted by Crippen LogP contribution is 2.33. The van der Waals surface area contributed by atoms with E-state index in [2.05, 4.69) is 4.72 Å². The van der Waals surface area contributed by atoms with Gasteiger partial charge in [0.1, 0.15) is 6.04 Å². The van der Waals surface area contributed by atoms with Crippen molar-refractivity contribution in [2.45, 2.75) is 50.9 Å². The average Bonchev–Trinajstić information content (AvgIpc) is 3.09. The fourth-order valence-corrected chi connectivity index (χ4v) is 4.40. The molecule has 21 heavy (non-hydrogen) atoms. The number of rotatable bonds is 4. The third-order valence-electron chi connectivity index (χ3n) is 3.86. The highest BCUT2D eigenvalue weighted by atomic mass is 32.2. The first-order chi connectivity index (χ1) is 9.58. The molecule has 1 heterocycles. The number of likely N-dealkylation sites (tertiary alicyclic amines) is 1. The first-order valence-electron chi connectivity index (χ1n) is 6.92. The number of alkyl halides is 3. The fourth-order valence-electron chi connectivity index (χ4n) is 2.65. The minimum atomic E-state index is -4.48. The summed E-state index contributed by atoms with van der Waals surface area (Å²) in [5, 5.41) is 0. The molecule has 0 aromatic carbocycles. The van der Waals surface area contributed by atoms with Crippen molar-refractivity contribution in [2.75, 3.05) is 12.3 Å². The van der Waals surface area contributed by atoms with Gasteiger partial charge in [-0.15, -0.1) is 0 Å². The van der Waals surface area contributed by atoms with Gasteiger partial charge in [0.25, 0.3) is 0 Å². The number of nitrogens with zero attached hydrogens (tertiary/aromatic N) is 1. The van der Waals surface area contributed by atoms with Crippen molar-refractivity contribution < 1.29 is 26.4 Å². The number of hydrogen-bond donors (Lipinski definition) is 1. The number of nitrogens with one attached hydrogen (secondary N) is 1. The third-order valence-corrected chi connectivity index (χ3v) is 5.47. The Bertz CT molecular complexity index is 502. The average molecular weight is 328 g/mol. The Morgan fingerprint density at radius 2 is 1.86 bits per heavy atom. The van der Waals surface area contributed by atoms with E-state index in [1.165, 1.54) is 0 Å². The molecular weight excluding hydrogens is 309 g/mol. The van der Waals surface area contributed by atoms with E-state index in [1.54, 1.807) is 0 Å². The molecule has 0 aromatic heterocycles. The van der Waals surface area contributed by atoms with Gasteiger partial charge in [0.2, 0.25) is 15.9 Å². The molecule has 122 valence electrons. The Hall–Kier alpha value is -0.830. The molecule has 9 heteroatoms. The topological polar surface area (TPSA) is 66.5 Å². The second-order valence-corrected chi connectivity index (χ2v) is 7.64. The smallest absolute Gasteiger partial charge is 0.329 e. The van der Waals surface area contributed by atoms with E-state index < -0.39 is 34.2 Å². The Morgan fingerprint density at radius 3 is 2.33 bits per heavy atom. The number of halogens is 3. The molecule has 0 aromatic rings. The van der Waals surface area contributed by atoms with Gasteiger partial charge in [-0.1, -0.05) is 0 Å². The van der Waals surface area contributed by atoms with Crippen LogP contribution in [0.25, 0.3) is 0 Å². The second kappa shape index (κ2) is 5.75. The van der Waals surface area contributed by atoms with Crippen LogP contribution in [0.4, 0.5) is 13.2 Å². The Morgan fingerprint density at radius 1 is 1.24 bits per heavy atom. The standard InChI is InChI=1S/C12H19F3N2O3S/c1-8(18)17-6-10(4-5-11(17)12(13,14)15)16-21(19,20)7-9-2-3-9/h9-11,16H,2-7H2,1H3/t10-,11-/m0/s1. The van der Waals surface area contributed by atoms with E-state index in [0.29, 0.717) is 4.90 Å². The molecule has 0 radical (unpaired) electrons. The molecule has 1 saturated heterocycles. The van der Waals surface area contributed by atoms with Gasteiger partial charge in [-0.2, -0.15) is 13.2 Å². The molecule has 2 fully saturated rings. The van der Waals surface area contributed by atoms with E-state index in [9.17, 15) is 26.4 Å². The normalized spacial score (nSPS) is 27.7. The lowest BCUT2D eigenvalue weighted by Gasteiger charge is -2.40. The molecule has 1 aliphatic carbocycles. The second-order valence-electron chi connectivity index (χ2n) is 5.85. The van der Waals surface area contributed by atoms with Crippen LogP contribution >= 0.6 is 0 Å². The van der Waals surface area contributed by atoms with Gasteiger partial charge in [-0.25, -0.2) is 13.1 Å². The van der Waals surface area contributed by atoms with E-state index in [0.717, 1.165) is 19.8 Å². The molecule has 1 saturated carbocycles. The van der Waals surface area contributed by atoms with Gasteiger partial charge in [-0.3, -0.25) is 4.79 Å². The van der Waals surface area contributed by atoms with Crippen LogP contribution in [0.2, 0.25) is 0 Å². The van der Waals surface area contributed by atoms with E-state index in [4.69, 9.17) is 0 Å². The van der Waals surface area contributed by atoms with E-state index in [-0.39, 0.29) is 31.1 Å². The van der Waals surface area contributed by atoms with E-state index >= 15 is 0 Å². The maximum Gasteiger partial charge on any atom is 0.408 e. The summed E-state index contributed by atoms with van der Waals surface area (Å²) in [5.74, 6) is -0.506. The fraction of sp³-hybridized carbons (Fsp3) is 0.917. The highest BCUT2D eigenvalue weighted by Gasteiger charge is 2.47. The summed E-state index contributed by atoms with van der Waals surface area (Å²) in [5.41, 5.74) is 0. The van der Waals surface area contributed by atoms with Crippen LogP contribution in [-0.2, 0) is 14.8 Å². The van der Waals surface area contributed by atoms with Crippen LogP contribution in [0.15, 0.2) is 0 Å². The summed E-state index contributed by atoms with van der Waals surface area (Å²) in [6.07, 6.45) is -2.93. The summed E-state index contributed by atoms with van der Waals surface area (Å²) >= 11 is 0. The zero-order valence-electron chi connectivity index (χ0n) is 11.7. The van der Waals surface area contributed by atoms with Crippen LogP contribution in [0.1, 0.15) is 32.6 Å². The molecule has 5 nitrogen and oxygen atoms in total. The van der Waals surface area contributed by atoms with Crippen molar-refractivity contribution in [3.63, 3.8) is 0 Å². The van der Waals surface area contributed by atoms with Crippen LogP contribution in [-0.4, -0.2) is 49.8 Å². The summed E-state index contributed by atoms with van der Waals surface area (Å²) in [6.45, 7) is 0.837. The molecule has 2 aliphatic rings. The molecule has 0 spiro atoms. The van der Waals surface area contributed by atoms with Gasteiger partial charge in [0.15, 0.2) is 0 Å². The molecule has 0 unspecified atom stereocenters. The number of carbonyl (C=O) groups excluding carboxylic acids is 1. The van der Waals surface area contributed by atoms with Gasteiger partial charge < -0.3 is 4.90 Å². The zero-order valence-corrected chi connectivity index (χ0v) is 12.5. The Kier molecular flexibility index (Phi) is 4.53. The maximum absolute atomic E-state index is 12.9. The molecule has 0 bridgehead atoms. The van der Waals surface area contributed by atoms with Crippen molar-refractivity contribution in [1.82, 2.24) is 9.62 Å². The monoisotopic (exact) mass is 328 g/mol. The number of hydrogen-bond acceptors (Lipinski definition) is 3. The van der Waals surface area contributed by atoms with E-state index in [1.807, 2.05) is 0 Å². The van der Waals surface area contributed by atoms with Crippen LogP contribution in [0.3, 0.4) is 0 Å². The van der Waals surface area contributed by atoms with Gasteiger partial charge >= 0.3 is 6.18 Å². The minimum Gasteiger partial charge on any atom is -0.329 e. The van der Waals surface area contributed by atoms with Crippen molar-refractivity contribution in [3.8, 4) is 0 Å². The first-order valence-corrected chi connectivity index (χ1v) is 8.57. The maximum atomic E-state index is 12.9. The largest absolute Gasteiger partial charge is 0.408 e. The molecule has 1 N–H and O–H groups in total. The van der Waals surface area contributed by atoms with Gasteiger partial charge in [0.05, 0.1) is 5.75 Å². The summed E-state index contributed by atoms with van der Waals surface area (Å²) in [4.78, 5) is 12.1. The molecule has 2 atom stereocenters. The Balaban J connectivity index is 2.00. The van der Waals surface area contributed by atoms with Crippen LogP contribution in [0.5, 0.6) is 0 Å². The van der Waals surface area contributed by atoms with Gasteiger partial charge in [0, 0.05) is 19.5 Å². The lowest BCUT2D eigenvalue weighted by atomic mass is 9.98. The summed E-state index contributed by atoms with van der Waals surface area (Å²) < 4.78 is 64.8. The van der Waals surface area contributed by atoms with Crippen LogP contribution < -0.4 is 4.72 Å². The summed E-state index contributed by atoms with van der Waals surface area (Å²) in [6, 6.07) is -2.46. The molecule has 1 amide bonds. The third kappa shape index (κ3) is 4.57. The summed E-state index contributed by atoms with van der Waals surface area (Å²) in [7, 11) is -3.49. The number of piperidine rings is 1. The molecular formula is C12H19F3N2O3S. The van der Waals surface area contributed by atoms with Crippen molar-refractivity contribution in [1.29, 1.82) is 0 Å². The van der Waals surface area contributed by atoms with Crippen LogP contribution in [0, 0.1) is 5.92 Å². The number of amides is 1. The van der Waals surface area contributed by atoms with Gasteiger partial charge in [-0.05, 0) is 31.6 Å².